The first-order valence-electron chi connectivity index (χ1n) is 16.7. The second kappa shape index (κ2) is 10.7. The maximum atomic E-state index is 5.46. The molecule has 0 N–H and O–H groups in total. The highest BCUT2D eigenvalue weighted by molar-refractivity contribution is 5.91. The average Bonchev–Trinajstić information content (AvgIpc) is 3.67. The summed E-state index contributed by atoms with van der Waals surface area (Å²) in [6.45, 7) is 0. The van der Waals surface area contributed by atoms with E-state index in [2.05, 4.69) is 170 Å². The van der Waals surface area contributed by atoms with Crippen LogP contribution in [0.3, 0.4) is 0 Å². The van der Waals surface area contributed by atoms with E-state index < -0.39 is 0 Å². The zero-order valence-electron chi connectivity index (χ0n) is 26.2. The Morgan fingerprint density at radius 3 is 0.792 bits per heavy atom. The van der Waals surface area contributed by atoms with Crippen LogP contribution in [0.4, 0.5) is 0 Å². The molecule has 0 bridgehead atoms. The molecule has 2 heteroatoms. The lowest BCUT2D eigenvalue weighted by atomic mass is 9.82. The minimum Gasteiger partial charge on any atom is -0.244 e. The second-order valence-corrected chi connectivity index (χ2v) is 12.8. The van der Waals surface area contributed by atoms with E-state index >= 15 is 0 Å². The maximum absolute atomic E-state index is 5.46. The molecule has 10 rings (SSSR count). The molecule has 0 fully saturated rings. The van der Waals surface area contributed by atoms with Crippen LogP contribution in [0.25, 0.3) is 55.8 Å². The monoisotopic (exact) mass is 610 g/mol. The van der Waals surface area contributed by atoms with Crippen LogP contribution in [0.2, 0.25) is 0 Å². The zero-order valence-corrected chi connectivity index (χ0v) is 26.2. The molecule has 2 aliphatic rings. The smallest absolute Gasteiger partial charge is 0.0976 e. The normalized spacial score (nSPS) is 13.2. The maximum Gasteiger partial charge on any atom is 0.0976 e. The third kappa shape index (κ3) is 3.99. The van der Waals surface area contributed by atoms with E-state index in [1.54, 1.807) is 0 Å². The summed E-state index contributed by atoms with van der Waals surface area (Å²) in [5.74, 6) is 0.192. The summed E-state index contributed by atoms with van der Waals surface area (Å²) < 4.78 is 0. The lowest BCUT2D eigenvalue weighted by Crippen LogP contribution is -2.06. The molecule has 2 nitrogen and oxygen atoms in total. The van der Waals surface area contributed by atoms with Gasteiger partial charge in [-0.1, -0.05) is 158 Å². The van der Waals surface area contributed by atoms with Crippen molar-refractivity contribution in [2.24, 2.45) is 0 Å². The Hall–Kier alpha value is -6.12. The minimum atomic E-state index is 0.0959. The molecule has 1 aromatic heterocycles. The molecule has 0 radical (unpaired) electrons. The number of rotatable bonds is 4. The first-order valence-corrected chi connectivity index (χ1v) is 16.7. The van der Waals surface area contributed by atoms with Crippen molar-refractivity contribution in [1.82, 2.24) is 9.97 Å². The summed E-state index contributed by atoms with van der Waals surface area (Å²) >= 11 is 0. The van der Waals surface area contributed by atoms with Crippen molar-refractivity contribution in [1.29, 1.82) is 0 Å². The molecule has 2 aliphatic carbocycles. The molecular weight excluding hydrogens is 581 g/mol. The van der Waals surface area contributed by atoms with Gasteiger partial charge in [-0.25, -0.2) is 9.97 Å². The minimum absolute atomic E-state index is 0.0959. The molecule has 48 heavy (non-hydrogen) atoms. The third-order valence-corrected chi connectivity index (χ3v) is 10.3. The van der Waals surface area contributed by atoms with Gasteiger partial charge in [0.1, 0.15) is 0 Å². The van der Waals surface area contributed by atoms with Gasteiger partial charge in [-0.3, -0.25) is 0 Å². The summed E-state index contributed by atoms with van der Waals surface area (Å²) in [5.41, 5.74) is 18.9. The van der Waals surface area contributed by atoms with E-state index in [0.29, 0.717) is 0 Å². The largest absolute Gasteiger partial charge is 0.244 e. The van der Waals surface area contributed by atoms with Crippen LogP contribution in [0, 0.1) is 0 Å². The van der Waals surface area contributed by atoms with Gasteiger partial charge in [0.05, 0.1) is 22.4 Å². The van der Waals surface area contributed by atoms with E-state index in [1.165, 1.54) is 55.6 Å². The van der Waals surface area contributed by atoms with Gasteiger partial charge in [0.2, 0.25) is 0 Å². The van der Waals surface area contributed by atoms with Crippen LogP contribution < -0.4 is 0 Å². The van der Waals surface area contributed by atoms with Crippen molar-refractivity contribution in [3.8, 4) is 44.8 Å². The fraction of sp³-hybridized carbons (Fsp3) is 0.0435. The number of aromatic nitrogens is 2. The van der Waals surface area contributed by atoms with E-state index in [4.69, 9.17) is 9.97 Å². The van der Waals surface area contributed by atoms with Gasteiger partial charge in [-0.15, -0.1) is 0 Å². The Bertz CT molecular complexity index is 2280. The highest BCUT2D eigenvalue weighted by atomic mass is 14.8. The van der Waals surface area contributed by atoms with Crippen molar-refractivity contribution in [2.75, 3.05) is 0 Å². The van der Waals surface area contributed by atoms with Crippen LogP contribution in [-0.2, 0) is 0 Å². The lowest BCUT2D eigenvalue weighted by molar-refractivity contribution is 1.01. The van der Waals surface area contributed by atoms with Crippen molar-refractivity contribution in [3.05, 3.63) is 203 Å². The molecule has 0 spiro atoms. The third-order valence-electron chi connectivity index (χ3n) is 10.3. The number of para-hydroxylation sites is 2. The van der Waals surface area contributed by atoms with Crippen LogP contribution in [0.1, 0.15) is 45.2 Å². The molecule has 0 atom stereocenters. The topological polar surface area (TPSA) is 25.8 Å². The molecule has 0 saturated carbocycles. The van der Waals surface area contributed by atoms with Gasteiger partial charge in [0, 0.05) is 23.0 Å². The second-order valence-electron chi connectivity index (χ2n) is 12.8. The highest BCUT2D eigenvalue weighted by Crippen LogP contribution is 2.52. The predicted octanol–water partition coefficient (Wildman–Crippen LogP) is 11.3. The zero-order chi connectivity index (χ0) is 31.6. The number of fused-ring (bicyclic) bond motifs is 7. The number of hydrogen-bond acceptors (Lipinski definition) is 2. The Labute approximate surface area is 280 Å². The predicted molar refractivity (Wildman–Crippen MR) is 196 cm³/mol. The van der Waals surface area contributed by atoms with Crippen LogP contribution in [-0.4, -0.2) is 9.97 Å². The van der Waals surface area contributed by atoms with Gasteiger partial charge in [-0.2, -0.15) is 0 Å². The first-order chi connectivity index (χ1) is 23.8. The van der Waals surface area contributed by atoms with Crippen molar-refractivity contribution >= 4 is 11.0 Å². The van der Waals surface area contributed by atoms with E-state index in [-0.39, 0.29) is 11.8 Å². The van der Waals surface area contributed by atoms with E-state index in [1.807, 2.05) is 0 Å². The van der Waals surface area contributed by atoms with Gasteiger partial charge >= 0.3 is 0 Å². The van der Waals surface area contributed by atoms with Crippen LogP contribution >= 0.6 is 0 Å². The SMILES string of the molecule is c1ccc2c(c1)-c1ccccc1C2c1ccccc1-c1nc2ccccc2nc1-c1ccccc1C1c2ccccc2-c2ccccc21. The van der Waals surface area contributed by atoms with E-state index in [9.17, 15) is 0 Å². The fourth-order valence-electron chi connectivity index (χ4n) is 8.29. The Morgan fingerprint density at radius 1 is 0.250 bits per heavy atom. The van der Waals surface area contributed by atoms with Crippen molar-refractivity contribution in [2.45, 2.75) is 11.8 Å². The molecule has 8 aromatic rings. The summed E-state index contributed by atoms with van der Waals surface area (Å²) in [5, 5.41) is 0. The number of nitrogens with zero attached hydrogens (tertiary/aromatic N) is 2. The summed E-state index contributed by atoms with van der Waals surface area (Å²) in [4.78, 5) is 10.9. The summed E-state index contributed by atoms with van der Waals surface area (Å²) in [7, 11) is 0. The molecule has 1 heterocycles. The molecule has 0 amide bonds. The quantitative estimate of drug-likeness (QED) is 0.198. The Balaban J connectivity index is 1.24. The molecular formula is C46H30N2. The van der Waals surface area contributed by atoms with Crippen LogP contribution in [0.5, 0.6) is 0 Å². The highest BCUT2D eigenvalue weighted by Gasteiger charge is 2.34. The Kier molecular flexibility index (Phi) is 6.04. The summed E-state index contributed by atoms with van der Waals surface area (Å²) in [6, 6.07) is 61.3. The average molecular weight is 611 g/mol. The lowest BCUT2D eigenvalue weighted by Gasteiger charge is -2.22. The van der Waals surface area contributed by atoms with E-state index in [0.717, 1.165) is 33.5 Å². The molecule has 7 aromatic carbocycles. The van der Waals surface area contributed by atoms with Crippen molar-refractivity contribution in [3.63, 3.8) is 0 Å². The molecule has 0 unspecified atom stereocenters. The van der Waals surface area contributed by atoms with Gasteiger partial charge in [0.25, 0.3) is 0 Å². The van der Waals surface area contributed by atoms with Crippen LogP contribution in [0.15, 0.2) is 170 Å². The first kappa shape index (κ1) is 27.0. The van der Waals surface area contributed by atoms with Gasteiger partial charge < -0.3 is 0 Å². The number of hydrogen-bond donors (Lipinski definition) is 0. The number of benzene rings is 7. The molecule has 0 saturated heterocycles. The van der Waals surface area contributed by atoms with Gasteiger partial charge in [-0.05, 0) is 67.8 Å². The Morgan fingerprint density at radius 2 is 0.479 bits per heavy atom. The summed E-state index contributed by atoms with van der Waals surface area (Å²) in [6.07, 6.45) is 0. The van der Waals surface area contributed by atoms with Gasteiger partial charge in [0.15, 0.2) is 0 Å². The molecule has 224 valence electrons. The molecule has 0 aliphatic heterocycles. The van der Waals surface area contributed by atoms with Crippen molar-refractivity contribution < 1.29 is 0 Å². The standard InChI is InChI=1S/C46H30N2/c1-5-19-33-29(15-1)30-16-2-6-20-34(30)43(33)37-23-9-11-25-39(37)45-46(48-42-28-14-13-27-41(42)47-45)40-26-12-10-24-38(40)44-35-21-7-3-17-31(35)32-18-4-8-22-36(32)44/h1-28,43-44H. The fourth-order valence-corrected chi connectivity index (χ4v) is 8.29.